The number of fused-ring (bicyclic) bond motifs is 1. The predicted molar refractivity (Wildman–Crippen MR) is 66.6 cm³/mol. The Morgan fingerprint density at radius 3 is 2.78 bits per heavy atom. The maximum atomic E-state index is 5.86. The Bertz CT molecular complexity index is 590. The van der Waals surface area contributed by atoms with Gasteiger partial charge in [-0.2, -0.15) is 0 Å². The number of benzene rings is 1. The SMILES string of the molecule is CC(C)c1noc(N)c1-c1ccc2c(c1)OCO2. The van der Waals surface area contributed by atoms with Gasteiger partial charge < -0.3 is 19.7 Å². The van der Waals surface area contributed by atoms with Crippen LogP contribution in [0.3, 0.4) is 0 Å². The van der Waals surface area contributed by atoms with Crippen LogP contribution in [0.5, 0.6) is 11.5 Å². The topological polar surface area (TPSA) is 70.5 Å². The molecule has 5 heteroatoms. The molecular formula is C13H14N2O3. The first-order chi connectivity index (χ1) is 8.66. The molecular weight excluding hydrogens is 232 g/mol. The van der Waals surface area contributed by atoms with E-state index in [9.17, 15) is 0 Å². The number of ether oxygens (including phenoxy) is 2. The summed E-state index contributed by atoms with van der Waals surface area (Å²) in [6.07, 6.45) is 0. The van der Waals surface area contributed by atoms with E-state index in [1.54, 1.807) is 0 Å². The Morgan fingerprint density at radius 2 is 2.00 bits per heavy atom. The summed E-state index contributed by atoms with van der Waals surface area (Å²) in [7, 11) is 0. The third-order valence-corrected chi connectivity index (χ3v) is 2.95. The van der Waals surface area contributed by atoms with Gasteiger partial charge in [0.05, 0.1) is 11.3 Å². The van der Waals surface area contributed by atoms with Crippen molar-refractivity contribution in [2.75, 3.05) is 12.5 Å². The van der Waals surface area contributed by atoms with Crippen molar-refractivity contribution in [3.8, 4) is 22.6 Å². The average Bonchev–Trinajstić information content (AvgIpc) is 2.93. The van der Waals surface area contributed by atoms with Crippen LogP contribution in [0.25, 0.3) is 11.1 Å². The van der Waals surface area contributed by atoms with E-state index in [2.05, 4.69) is 5.16 Å². The fraction of sp³-hybridized carbons (Fsp3) is 0.308. The molecule has 1 aliphatic heterocycles. The fourth-order valence-corrected chi connectivity index (χ4v) is 2.05. The highest BCUT2D eigenvalue weighted by atomic mass is 16.7. The Hall–Kier alpha value is -2.17. The van der Waals surface area contributed by atoms with E-state index < -0.39 is 0 Å². The van der Waals surface area contributed by atoms with E-state index in [4.69, 9.17) is 19.7 Å². The van der Waals surface area contributed by atoms with Crippen LogP contribution in [0.1, 0.15) is 25.5 Å². The minimum atomic E-state index is 0.242. The number of nitrogens with zero attached hydrogens (tertiary/aromatic N) is 1. The standard InChI is InChI=1S/C13H14N2O3/c1-7(2)12-11(13(14)18-15-12)8-3-4-9-10(5-8)17-6-16-9/h3-5,7H,6,14H2,1-2H3. The summed E-state index contributed by atoms with van der Waals surface area (Å²) < 4.78 is 15.7. The number of anilines is 1. The molecule has 0 spiro atoms. The summed E-state index contributed by atoms with van der Waals surface area (Å²) in [6, 6.07) is 5.70. The summed E-state index contributed by atoms with van der Waals surface area (Å²) in [5, 5.41) is 4.01. The quantitative estimate of drug-likeness (QED) is 0.882. The predicted octanol–water partition coefficient (Wildman–Crippen LogP) is 2.78. The van der Waals surface area contributed by atoms with Gasteiger partial charge in [0.15, 0.2) is 11.5 Å². The lowest BCUT2D eigenvalue weighted by Crippen LogP contribution is -1.93. The van der Waals surface area contributed by atoms with E-state index in [0.29, 0.717) is 5.88 Å². The highest BCUT2D eigenvalue weighted by Gasteiger charge is 2.21. The van der Waals surface area contributed by atoms with Crippen molar-refractivity contribution in [2.24, 2.45) is 0 Å². The van der Waals surface area contributed by atoms with Gasteiger partial charge in [-0.3, -0.25) is 0 Å². The lowest BCUT2D eigenvalue weighted by Gasteiger charge is -2.06. The first kappa shape index (κ1) is 11.0. The maximum Gasteiger partial charge on any atom is 0.231 e. The van der Waals surface area contributed by atoms with Gasteiger partial charge in [0, 0.05) is 0 Å². The average molecular weight is 246 g/mol. The molecule has 2 aromatic rings. The zero-order valence-electron chi connectivity index (χ0n) is 10.3. The number of hydrogen-bond donors (Lipinski definition) is 1. The summed E-state index contributed by atoms with van der Waals surface area (Å²) in [5.41, 5.74) is 8.48. The third-order valence-electron chi connectivity index (χ3n) is 2.95. The normalized spacial score (nSPS) is 13.3. The molecule has 1 aliphatic rings. The number of nitrogen functional groups attached to an aromatic ring is 1. The maximum absolute atomic E-state index is 5.86. The van der Waals surface area contributed by atoms with E-state index in [0.717, 1.165) is 28.3 Å². The van der Waals surface area contributed by atoms with Crippen molar-refractivity contribution in [2.45, 2.75) is 19.8 Å². The van der Waals surface area contributed by atoms with Crippen LogP contribution in [0.15, 0.2) is 22.7 Å². The van der Waals surface area contributed by atoms with Gasteiger partial charge in [0.2, 0.25) is 12.7 Å². The van der Waals surface area contributed by atoms with Crippen molar-refractivity contribution in [1.82, 2.24) is 5.16 Å². The second kappa shape index (κ2) is 3.94. The van der Waals surface area contributed by atoms with Crippen LogP contribution in [0, 0.1) is 0 Å². The van der Waals surface area contributed by atoms with Gasteiger partial charge in [-0.25, -0.2) is 0 Å². The van der Waals surface area contributed by atoms with E-state index in [1.165, 1.54) is 0 Å². The van der Waals surface area contributed by atoms with Crippen LogP contribution in [0.2, 0.25) is 0 Å². The van der Waals surface area contributed by atoms with Crippen molar-refractivity contribution in [1.29, 1.82) is 0 Å². The Kier molecular flexibility index (Phi) is 2.40. The minimum Gasteiger partial charge on any atom is -0.454 e. The number of nitrogens with two attached hydrogens (primary N) is 1. The van der Waals surface area contributed by atoms with Gasteiger partial charge in [-0.05, 0) is 23.6 Å². The van der Waals surface area contributed by atoms with E-state index >= 15 is 0 Å². The molecule has 0 saturated carbocycles. The summed E-state index contributed by atoms with van der Waals surface area (Å²) in [5.74, 6) is 2.05. The first-order valence-corrected chi connectivity index (χ1v) is 5.82. The second-order valence-corrected chi connectivity index (χ2v) is 4.53. The molecule has 3 rings (SSSR count). The Balaban J connectivity index is 2.12. The Morgan fingerprint density at radius 1 is 1.22 bits per heavy atom. The number of rotatable bonds is 2. The lowest BCUT2D eigenvalue weighted by molar-refractivity contribution is 0.174. The zero-order chi connectivity index (χ0) is 12.7. The summed E-state index contributed by atoms with van der Waals surface area (Å²) >= 11 is 0. The molecule has 0 unspecified atom stereocenters. The van der Waals surface area contributed by atoms with Crippen molar-refractivity contribution < 1.29 is 14.0 Å². The Labute approximate surface area is 104 Å². The third kappa shape index (κ3) is 1.59. The van der Waals surface area contributed by atoms with E-state index in [1.807, 2.05) is 32.0 Å². The van der Waals surface area contributed by atoms with Gasteiger partial charge in [0.1, 0.15) is 0 Å². The molecule has 0 radical (unpaired) electrons. The monoisotopic (exact) mass is 246 g/mol. The highest BCUT2D eigenvalue weighted by Crippen LogP contribution is 2.40. The number of hydrogen-bond acceptors (Lipinski definition) is 5. The molecule has 0 saturated heterocycles. The molecule has 18 heavy (non-hydrogen) atoms. The molecule has 94 valence electrons. The largest absolute Gasteiger partial charge is 0.454 e. The van der Waals surface area contributed by atoms with Crippen molar-refractivity contribution in [3.63, 3.8) is 0 Å². The molecule has 0 bridgehead atoms. The molecule has 0 aliphatic carbocycles. The molecule has 0 amide bonds. The summed E-state index contributed by atoms with van der Waals surface area (Å²) in [6.45, 7) is 4.36. The van der Waals surface area contributed by atoms with Crippen molar-refractivity contribution in [3.05, 3.63) is 23.9 Å². The van der Waals surface area contributed by atoms with Crippen LogP contribution >= 0.6 is 0 Å². The molecule has 1 aromatic heterocycles. The second-order valence-electron chi connectivity index (χ2n) is 4.53. The first-order valence-electron chi connectivity index (χ1n) is 5.82. The molecule has 0 fully saturated rings. The molecule has 5 nitrogen and oxygen atoms in total. The molecule has 0 atom stereocenters. The minimum absolute atomic E-state index is 0.242. The zero-order valence-corrected chi connectivity index (χ0v) is 10.3. The van der Waals surface area contributed by atoms with Crippen LogP contribution in [0.4, 0.5) is 5.88 Å². The van der Waals surface area contributed by atoms with Crippen molar-refractivity contribution >= 4 is 5.88 Å². The molecule has 2 N–H and O–H groups in total. The summed E-state index contributed by atoms with van der Waals surface area (Å²) in [4.78, 5) is 0. The van der Waals surface area contributed by atoms with E-state index in [-0.39, 0.29) is 12.7 Å². The fourth-order valence-electron chi connectivity index (χ4n) is 2.05. The highest BCUT2D eigenvalue weighted by molar-refractivity contribution is 5.77. The lowest BCUT2D eigenvalue weighted by atomic mass is 9.99. The van der Waals surface area contributed by atoms with Gasteiger partial charge in [-0.15, -0.1) is 0 Å². The van der Waals surface area contributed by atoms with Gasteiger partial charge in [0.25, 0.3) is 0 Å². The van der Waals surface area contributed by atoms with Gasteiger partial charge >= 0.3 is 0 Å². The van der Waals surface area contributed by atoms with Crippen LogP contribution < -0.4 is 15.2 Å². The van der Waals surface area contributed by atoms with Gasteiger partial charge in [-0.1, -0.05) is 25.1 Å². The molecule has 2 heterocycles. The smallest absolute Gasteiger partial charge is 0.231 e. The van der Waals surface area contributed by atoms with Crippen LogP contribution in [-0.2, 0) is 0 Å². The molecule has 1 aromatic carbocycles. The van der Waals surface area contributed by atoms with Crippen LogP contribution in [-0.4, -0.2) is 11.9 Å². The number of aromatic nitrogens is 1.